The molecule has 2 amide bonds. The minimum absolute atomic E-state index is 0.0282. The molecule has 2 N–H and O–H groups in total. The summed E-state index contributed by atoms with van der Waals surface area (Å²) in [4.78, 5) is 28.5. The number of anilines is 1. The lowest BCUT2D eigenvalue weighted by molar-refractivity contribution is -0.139. The van der Waals surface area contributed by atoms with Crippen molar-refractivity contribution in [2.45, 2.75) is 19.0 Å². The number of carbonyl (C=O) groups excluding carboxylic acids is 2. The first-order valence-electron chi connectivity index (χ1n) is 9.37. The van der Waals surface area contributed by atoms with Gasteiger partial charge in [0.05, 0.1) is 12.1 Å². The number of amides is 2. The van der Waals surface area contributed by atoms with Gasteiger partial charge in [-0.15, -0.1) is 0 Å². The molecule has 0 saturated carbocycles. The number of nitrogens with zero attached hydrogens (tertiary/aromatic N) is 2. The molecule has 0 fully saturated rings. The van der Waals surface area contributed by atoms with Crippen LogP contribution in [0, 0.1) is 0 Å². The third kappa shape index (κ3) is 5.82. The number of hydrogen-bond acceptors (Lipinski definition) is 4. The van der Waals surface area contributed by atoms with E-state index < -0.39 is 11.8 Å². The molecule has 0 aliphatic carbocycles. The molecule has 2 atom stereocenters. The largest absolute Gasteiger partial charge is 0.378 e. The summed E-state index contributed by atoms with van der Waals surface area (Å²) in [6.07, 6.45) is 0. The van der Waals surface area contributed by atoms with Crippen LogP contribution in [0.15, 0.2) is 54.6 Å². The van der Waals surface area contributed by atoms with Gasteiger partial charge in [-0.2, -0.15) is 0 Å². The van der Waals surface area contributed by atoms with E-state index in [0.29, 0.717) is 6.54 Å². The van der Waals surface area contributed by atoms with E-state index in [9.17, 15) is 9.59 Å². The highest BCUT2D eigenvalue weighted by Crippen LogP contribution is 2.21. The van der Waals surface area contributed by atoms with E-state index in [4.69, 9.17) is 0 Å². The minimum Gasteiger partial charge on any atom is -0.378 e. The van der Waals surface area contributed by atoms with Crippen molar-refractivity contribution in [1.29, 1.82) is 0 Å². The van der Waals surface area contributed by atoms with E-state index in [1.165, 1.54) is 0 Å². The van der Waals surface area contributed by atoms with Crippen molar-refractivity contribution in [3.8, 4) is 0 Å². The molecule has 2 rings (SSSR count). The van der Waals surface area contributed by atoms with Crippen molar-refractivity contribution in [2.24, 2.45) is 0 Å². The van der Waals surface area contributed by atoms with E-state index in [1.807, 2.05) is 99.5 Å². The van der Waals surface area contributed by atoms with Gasteiger partial charge in [-0.05, 0) is 44.3 Å². The maximum atomic E-state index is 12.3. The Labute approximate surface area is 167 Å². The second-order valence-corrected chi connectivity index (χ2v) is 7.28. The van der Waals surface area contributed by atoms with Crippen LogP contribution in [0.5, 0.6) is 0 Å². The van der Waals surface area contributed by atoms with Crippen LogP contribution in [0.25, 0.3) is 0 Å². The van der Waals surface area contributed by atoms with Crippen LogP contribution >= 0.6 is 0 Å². The zero-order valence-electron chi connectivity index (χ0n) is 17.3. The predicted molar refractivity (Wildman–Crippen MR) is 113 cm³/mol. The van der Waals surface area contributed by atoms with Crippen LogP contribution in [0.3, 0.4) is 0 Å². The first-order chi connectivity index (χ1) is 13.3. The fraction of sp³-hybridized carbons (Fsp3) is 0.364. The molecule has 6 heteroatoms. The van der Waals surface area contributed by atoms with Crippen LogP contribution in [0.2, 0.25) is 0 Å². The van der Waals surface area contributed by atoms with E-state index in [0.717, 1.165) is 16.8 Å². The molecule has 28 heavy (non-hydrogen) atoms. The van der Waals surface area contributed by atoms with Crippen LogP contribution in [0.4, 0.5) is 5.69 Å². The van der Waals surface area contributed by atoms with Crippen LogP contribution in [-0.4, -0.2) is 51.4 Å². The van der Waals surface area contributed by atoms with Crippen molar-refractivity contribution in [1.82, 2.24) is 15.5 Å². The Morgan fingerprint density at radius 3 is 2.00 bits per heavy atom. The van der Waals surface area contributed by atoms with E-state index in [2.05, 4.69) is 10.6 Å². The number of carbonyl (C=O) groups is 2. The normalized spacial score (nSPS) is 12.9. The molecule has 0 radical (unpaired) electrons. The van der Waals surface area contributed by atoms with Crippen molar-refractivity contribution < 1.29 is 9.59 Å². The fourth-order valence-corrected chi connectivity index (χ4v) is 2.95. The van der Waals surface area contributed by atoms with Gasteiger partial charge < -0.3 is 20.4 Å². The first kappa shape index (κ1) is 21.4. The Hall–Kier alpha value is -2.86. The summed E-state index contributed by atoms with van der Waals surface area (Å²) in [5.41, 5.74) is 3.14. The molecule has 0 saturated heterocycles. The molecule has 0 spiro atoms. The molecule has 0 aliphatic rings. The molecule has 0 unspecified atom stereocenters. The zero-order chi connectivity index (χ0) is 20.7. The Bertz CT molecular complexity index is 773. The summed E-state index contributed by atoms with van der Waals surface area (Å²) in [6.45, 7) is 2.20. The fourth-order valence-electron chi connectivity index (χ4n) is 2.95. The molecule has 150 valence electrons. The average Bonchev–Trinajstić information content (AvgIpc) is 2.68. The second-order valence-electron chi connectivity index (χ2n) is 7.28. The number of benzene rings is 2. The minimum atomic E-state index is -0.628. The quantitative estimate of drug-likeness (QED) is 0.722. The van der Waals surface area contributed by atoms with Gasteiger partial charge in [0, 0.05) is 26.3 Å². The number of likely N-dealkylation sites (N-methyl/N-ethyl adjacent to an activating group) is 1. The molecule has 0 bridgehead atoms. The highest BCUT2D eigenvalue weighted by molar-refractivity contribution is 6.35. The summed E-state index contributed by atoms with van der Waals surface area (Å²) < 4.78 is 0. The highest BCUT2D eigenvalue weighted by Gasteiger charge is 2.20. The summed E-state index contributed by atoms with van der Waals surface area (Å²) in [5, 5.41) is 5.49. The van der Waals surface area contributed by atoms with Gasteiger partial charge in [0.1, 0.15) is 0 Å². The van der Waals surface area contributed by atoms with Crippen molar-refractivity contribution in [3.63, 3.8) is 0 Å². The van der Waals surface area contributed by atoms with Gasteiger partial charge in [0.2, 0.25) is 0 Å². The van der Waals surface area contributed by atoms with Gasteiger partial charge >= 0.3 is 11.8 Å². The lowest BCUT2D eigenvalue weighted by Gasteiger charge is -2.26. The first-order valence-corrected chi connectivity index (χ1v) is 9.37. The van der Waals surface area contributed by atoms with Gasteiger partial charge in [-0.1, -0.05) is 42.5 Å². The van der Waals surface area contributed by atoms with Crippen LogP contribution in [0.1, 0.15) is 30.1 Å². The molecular formula is C22H30N4O2. The topological polar surface area (TPSA) is 64.7 Å². The van der Waals surface area contributed by atoms with Crippen LogP contribution in [-0.2, 0) is 9.59 Å². The summed E-state index contributed by atoms with van der Waals surface area (Å²) >= 11 is 0. The number of rotatable bonds is 7. The third-order valence-electron chi connectivity index (χ3n) is 4.73. The number of hydrogen-bond donors (Lipinski definition) is 2. The molecule has 0 heterocycles. The highest BCUT2D eigenvalue weighted by atomic mass is 16.2. The molecule has 6 nitrogen and oxygen atoms in total. The Morgan fingerprint density at radius 1 is 0.857 bits per heavy atom. The second kappa shape index (κ2) is 9.90. The van der Waals surface area contributed by atoms with Gasteiger partial charge in [0.15, 0.2) is 0 Å². The van der Waals surface area contributed by atoms with E-state index in [-0.39, 0.29) is 12.1 Å². The van der Waals surface area contributed by atoms with Crippen LogP contribution < -0.4 is 15.5 Å². The lowest BCUT2D eigenvalue weighted by Crippen LogP contribution is -2.43. The number of nitrogens with one attached hydrogen (secondary N) is 2. The maximum Gasteiger partial charge on any atom is 0.309 e. The monoisotopic (exact) mass is 382 g/mol. The summed E-state index contributed by atoms with van der Waals surface area (Å²) in [6, 6.07) is 17.5. The summed E-state index contributed by atoms with van der Waals surface area (Å²) in [5.74, 6) is -1.25. The average molecular weight is 383 g/mol. The third-order valence-corrected chi connectivity index (χ3v) is 4.73. The summed E-state index contributed by atoms with van der Waals surface area (Å²) in [7, 11) is 7.89. The van der Waals surface area contributed by atoms with Crippen molar-refractivity contribution >= 4 is 17.5 Å². The van der Waals surface area contributed by atoms with Gasteiger partial charge in [-0.3, -0.25) is 9.59 Å². The smallest absolute Gasteiger partial charge is 0.309 e. The molecular weight excluding hydrogens is 352 g/mol. The Kier molecular flexibility index (Phi) is 7.58. The molecule has 2 aromatic rings. The van der Waals surface area contributed by atoms with Gasteiger partial charge in [-0.25, -0.2) is 0 Å². The predicted octanol–water partition coefficient (Wildman–Crippen LogP) is 2.35. The van der Waals surface area contributed by atoms with E-state index >= 15 is 0 Å². The zero-order valence-corrected chi connectivity index (χ0v) is 17.3. The van der Waals surface area contributed by atoms with Crippen molar-refractivity contribution in [3.05, 3.63) is 65.7 Å². The maximum absolute atomic E-state index is 12.3. The standard InChI is InChI=1S/C22H30N4O2/c1-16(17-9-7-6-8-10-17)24-22(28)21(27)23-15-20(26(4)5)18-11-13-19(14-12-18)25(2)3/h6-14,16,20H,15H2,1-5H3,(H,23,27)(H,24,28)/t16-,20+/m1/s1. The van der Waals surface area contributed by atoms with Gasteiger partial charge in [0.25, 0.3) is 0 Å². The molecule has 2 aromatic carbocycles. The van der Waals surface area contributed by atoms with Crippen molar-refractivity contribution in [2.75, 3.05) is 39.6 Å². The SMILES string of the molecule is C[C@@H](NC(=O)C(=O)NC[C@@H](c1ccc(N(C)C)cc1)N(C)C)c1ccccc1. The Morgan fingerprint density at radius 2 is 1.46 bits per heavy atom. The lowest BCUT2D eigenvalue weighted by atomic mass is 10.1. The van der Waals surface area contributed by atoms with E-state index in [1.54, 1.807) is 0 Å². The Balaban J connectivity index is 1.95. The molecule has 0 aromatic heterocycles. The molecule has 0 aliphatic heterocycles.